The Bertz CT molecular complexity index is 1270. The number of hydrogen-bond acceptors (Lipinski definition) is 6. The maximum Gasteiger partial charge on any atom is 0.410 e. The number of carbonyl (C=O) groups is 1. The van der Waals surface area contributed by atoms with E-state index in [1.165, 1.54) is 5.56 Å². The third-order valence-electron chi connectivity index (χ3n) is 6.75. The molecule has 1 N–H and O–H groups in total. The number of rotatable bonds is 4. The predicted molar refractivity (Wildman–Crippen MR) is 139 cm³/mol. The second-order valence-electron chi connectivity index (χ2n) is 10.4. The molecule has 5 rings (SSSR count). The minimum atomic E-state index is -0.491. The summed E-state index contributed by atoms with van der Waals surface area (Å²) in [5.74, 6) is 1.20. The summed E-state index contributed by atoms with van der Waals surface area (Å²) in [6, 6.07) is 10.5. The highest BCUT2D eigenvalue weighted by Gasteiger charge is 2.30. The Morgan fingerprint density at radius 1 is 1.08 bits per heavy atom. The number of aromatic amines is 1. The number of aryl methyl sites for hydroxylation is 1. The molecule has 8 heteroatoms. The molecule has 2 aliphatic rings. The van der Waals surface area contributed by atoms with Gasteiger partial charge in [-0.3, -0.25) is 4.98 Å². The fourth-order valence-corrected chi connectivity index (χ4v) is 5.01. The Balaban J connectivity index is 1.42. The van der Waals surface area contributed by atoms with Gasteiger partial charge in [-0.1, -0.05) is 17.3 Å². The molecule has 0 spiro atoms. The summed E-state index contributed by atoms with van der Waals surface area (Å²) < 4.78 is 5.56. The van der Waals surface area contributed by atoms with E-state index in [0.717, 1.165) is 65.3 Å². The number of aromatic nitrogens is 3. The molecule has 0 saturated carbocycles. The van der Waals surface area contributed by atoms with Gasteiger partial charge < -0.3 is 19.5 Å². The zero-order valence-corrected chi connectivity index (χ0v) is 21.4. The number of nitrogens with one attached hydrogen (secondary N) is 1. The third kappa shape index (κ3) is 4.98. The number of carbonyl (C=O) groups excluding carboxylic acids is 1. The normalized spacial score (nSPS) is 17.3. The fourth-order valence-electron chi connectivity index (χ4n) is 5.01. The van der Waals surface area contributed by atoms with Crippen molar-refractivity contribution in [2.24, 2.45) is 5.16 Å². The molecule has 0 radical (unpaired) electrons. The Kier molecular flexibility index (Phi) is 6.51. The Morgan fingerprint density at radius 2 is 1.83 bits per heavy atom. The molecule has 0 atom stereocenters. The van der Waals surface area contributed by atoms with Crippen molar-refractivity contribution in [2.75, 3.05) is 20.2 Å². The minimum Gasteiger partial charge on any atom is -0.444 e. The molecule has 2 aromatic heterocycles. The van der Waals surface area contributed by atoms with Crippen LogP contribution >= 0.6 is 0 Å². The van der Waals surface area contributed by atoms with Gasteiger partial charge in [0.15, 0.2) is 0 Å². The first-order valence-electron chi connectivity index (χ1n) is 12.5. The van der Waals surface area contributed by atoms with Gasteiger partial charge in [0.2, 0.25) is 0 Å². The largest absolute Gasteiger partial charge is 0.444 e. The van der Waals surface area contributed by atoms with Gasteiger partial charge in [-0.15, -0.1) is 0 Å². The summed E-state index contributed by atoms with van der Waals surface area (Å²) in [6.07, 6.45) is 6.85. The quantitative estimate of drug-likeness (QED) is 0.487. The minimum absolute atomic E-state index is 0.243. The lowest BCUT2D eigenvalue weighted by Gasteiger charge is -2.32. The number of pyridine rings is 1. The van der Waals surface area contributed by atoms with E-state index < -0.39 is 5.60 Å². The van der Waals surface area contributed by atoms with Gasteiger partial charge in [-0.25, -0.2) is 9.78 Å². The van der Waals surface area contributed by atoms with Crippen LogP contribution in [0, 0.1) is 0 Å². The van der Waals surface area contributed by atoms with E-state index in [0.29, 0.717) is 13.1 Å². The van der Waals surface area contributed by atoms with Crippen LogP contribution in [0.4, 0.5) is 4.79 Å². The Labute approximate surface area is 211 Å². The molecule has 1 aromatic carbocycles. The molecule has 188 valence electrons. The van der Waals surface area contributed by atoms with E-state index in [2.05, 4.69) is 33.3 Å². The number of fused-ring (bicyclic) bond motifs is 1. The van der Waals surface area contributed by atoms with Crippen molar-refractivity contribution in [3.63, 3.8) is 0 Å². The van der Waals surface area contributed by atoms with Crippen molar-refractivity contribution in [1.82, 2.24) is 19.9 Å². The molecule has 1 aliphatic carbocycles. The number of imidazole rings is 1. The van der Waals surface area contributed by atoms with Gasteiger partial charge >= 0.3 is 6.09 Å². The number of amides is 1. The number of hydrogen-bond donors (Lipinski definition) is 1. The van der Waals surface area contributed by atoms with Gasteiger partial charge in [0.25, 0.3) is 0 Å². The molecule has 3 aromatic rings. The van der Waals surface area contributed by atoms with Crippen LogP contribution in [0.1, 0.15) is 62.9 Å². The van der Waals surface area contributed by atoms with E-state index in [-0.39, 0.29) is 12.0 Å². The number of ether oxygens (including phenoxy) is 1. The zero-order valence-electron chi connectivity index (χ0n) is 21.4. The van der Waals surface area contributed by atoms with Crippen LogP contribution in [0.2, 0.25) is 0 Å². The third-order valence-corrected chi connectivity index (χ3v) is 6.75. The number of H-pyrrole nitrogens is 1. The number of oxime groups is 1. The monoisotopic (exact) mass is 487 g/mol. The summed E-state index contributed by atoms with van der Waals surface area (Å²) in [4.78, 5) is 32.3. The second kappa shape index (κ2) is 9.76. The summed E-state index contributed by atoms with van der Waals surface area (Å²) in [7, 11) is 1.59. The lowest BCUT2D eigenvalue weighted by molar-refractivity contribution is 0.0203. The first-order chi connectivity index (χ1) is 17.3. The van der Waals surface area contributed by atoms with Gasteiger partial charge in [-0.05, 0) is 70.2 Å². The fraction of sp³-hybridized carbons (Fsp3) is 0.429. The molecule has 3 heterocycles. The van der Waals surface area contributed by atoms with Crippen LogP contribution in [0.15, 0.2) is 47.9 Å². The summed E-state index contributed by atoms with van der Waals surface area (Å²) in [6.45, 7) is 6.99. The topological polar surface area (TPSA) is 92.7 Å². The standard InChI is InChI=1S/C28H33N5O3/c1-28(2,3)36-27(34)33-15-11-19(12-16-33)26-30-24(18-9-13-29-14-10-18)25(31-26)21-5-7-22-20(17-21)6-8-23(22)32-35-4/h5,7,9-10,13-14,17,19H,6,8,11-12,15-16H2,1-4H3,(H,30,31)/b32-23-. The summed E-state index contributed by atoms with van der Waals surface area (Å²) in [5, 5.41) is 4.19. The molecule has 8 nitrogen and oxygen atoms in total. The average Bonchev–Trinajstić information content (AvgIpc) is 3.48. The molecule has 1 amide bonds. The first-order valence-corrected chi connectivity index (χ1v) is 12.5. The second-order valence-corrected chi connectivity index (χ2v) is 10.4. The smallest absolute Gasteiger partial charge is 0.410 e. The van der Waals surface area contributed by atoms with Crippen molar-refractivity contribution in [3.8, 4) is 22.5 Å². The number of piperidine rings is 1. The van der Waals surface area contributed by atoms with Crippen molar-refractivity contribution in [3.05, 3.63) is 59.7 Å². The molecular weight excluding hydrogens is 454 g/mol. The summed E-state index contributed by atoms with van der Waals surface area (Å²) >= 11 is 0. The highest BCUT2D eigenvalue weighted by Crippen LogP contribution is 2.36. The predicted octanol–water partition coefficient (Wildman–Crippen LogP) is 5.55. The highest BCUT2D eigenvalue weighted by molar-refractivity contribution is 6.04. The lowest BCUT2D eigenvalue weighted by Crippen LogP contribution is -2.41. The lowest BCUT2D eigenvalue weighted by atomic mass is 9.96. The number of nitrogens with zero attached hydrogens (tertiary/aromatic N) is 4. The molecular formula is C28H33N5O3. The van der Waals surface area contributed by atoms with E-state index >= 15 is 0 Å². The van der Waals surface area contributed by atoms with Crippen LogP contribution in [0.3, 0.4) is 0 Å². The molecule has 0 bridgehead atoms. The van der Waals surface area contributed by atoms with Crippen LogP contribution in [0.25, 0.3) is 22.5 Å². The molecule has 36 heavy (non-hydrogen) atoms. The maximum atomic E-state index is 12.5. The Hall–Kier alpha value is -3.68. The van der Waals surface area contributed by atoms with Gasteiger partial charge in [-0.2, -0.15) is 0 Å². The highest BCUT2D eigenvalue weighted by atomic mass is 16.6. The first kappa shape index (κ1) is 24.0. The van der Waals surface area contributed by atoms with Crippen LogP contribution < -0.4 is 0 Å². The van der Waals surface area contributed by atoms with Crippen molar-refractivity contribution in [1.29, 1.82) is 0 Å². The van der Waals surface area contributed by atoms with E-state index in [1.807, 2.05) is 32.9 Å². The van der Waals surface area contributed by atoms with Crippen LogP contribution in [-0.2, 0) is 16.0 Å². The summed E-state index contributed by atoms with van der Waals surface area (Å²) in [5.41, 5.74) is 6.97. The van der Waals surface area contributed by atoms with E-state index in [1.54, 1.807) is 24.4 Å². The van der Waals surface area contributed by atoms with Crippen molar-refractivity contribution < 1.29 is 14.4 Å². The average molecular weight is 488 g/mol. The van der Waals surface area contributed by atoms with E-state index in [9.17, 15) is 4.79 Å². The number of benzene rings is 1. The van der Waals surface area contributed by atoms with Gasteiger partial charge in [0.1, 0.15) is 18.5 Å². The van der Waals surface area contributed by atoms with Crippen LogP contribution in [-0.4, -0.2) is 57.5 Å². The molecule has 1 aliphatic heterocycles. The zero-order chi connectivity index (χ0) is 25.3. The van der Waals surface area contributed by atoms with Crippen molar-refractivity contribution >= 4 is 11.8 Å². The van der Waals surface area contributed by atoms with E-state index in [4.69, 9.17) is 14.6 Å². The van der Waals surface area contributed by atoms with Gasteiger partial charge in [0.05, 0.1) is 17.1 Å². The molecule has 1 fully saturated rings. The Morgan fingerprint density at radius 3 is 2.53 bits per heavy atom. The molecule has 1 saturated heterocycles. The van der Waals surface area contributed by atoms with Crippen LogP contribution in [0.5, 0.6) is 0 Å². The number of likely N-dealkylation sites (tertiary alicyclic amines) is 1. The molecule has 0 unspecified atom stereocenters. The maximum absolute atomic E-state index is 12.5. The SMILES string of the molecule is CO/N=C1/CCc2cc(-c3nc(C4CCN(C(=O)OC(C)(C)C)CC4)[nH]c3-c3ccncc3)ccc21. The van der Waals surface area contributed by atoms with Gasteiger partial charge in [0, 0.05) is 48.1 Å². The van der Waals surface area contributed by atoms with Crippen molar-refractivity contribution in [2.45, 2.75) is 58.0 Å².